The summed E-state index contributed by atoms with van der Waals surface area (Å²) in [6.45, 7) is 14.6. The summed E-state index contributed by atoms with van der Waals surface area (Å²) in [4.78, 5) is 29.6. The van der Waals surface area contributed by atoms with E-state index < -0.39 is 11.4 Å². The molecule has 0 radical (unpaired) electrons. The predicted molar refractivity (Wildman–Crippen MR) is 197 cm³/mol. The Balaban J connectivity index is 1.32. The van der Waals surface area contributed by atoms with Crippen LogP contribution in [0.15, 0.2) is 18.2 Å². The monoisotopic (exact) mass is 788 g/mol. The lowest BCUT2D eigenvalue weighted by Crippen LogP contribution is -2.59. The number of amides is 1. The number of anilines is 2. The number of hydrogen-bond donors (Lipinski definition) is 2. The van der Waals surface area contributed by atoms with Gasteiger partial charge in [0.25, 0.3) is 0 Å². The average Bonchev–Trinajstić information content (AvgIpc) is 3.81. The van der Waals surface area contributed by atoms with Crippen molar-refractivity contribution in [1.82, 2.24) is 30.0 Å². The average molecular weight is 789 g/mol. The van der Waals surface area contributed by atoms with Gasteiger partial charge in [-0.2, -0.15) is 10.1 Å². The van der Waals surface area contributed by atoms with Crippen molar-refractivity contribution in [1.29, 1.82) is 0 Å². The number of halogens is 3. The fourth-order valence-corrected chi connectivity index (χ4v) is 8.17. The van der Waals surface area contributed by atoms with E-state index in [-0.39, 0.29) is 34.8 Å². The Labute approximate surface area is 299 Å². The zero-order valence-corrected chi connectivity index (χ0v) is 31.2. The molecule has 2 aromatic heterocycles. The minimum Gasteiger partial charge on any atom is -0.444 e. The Morgan fingerprint density at radius 1 is 1.08 bits per heavy atom. The van der Waals surface area contributed by atoms with Gasteiger partial charge >= 0.3 is 6.09 Å². The standard InChI is InChI=1S/C35H43ClFIN8O2/c1-18-7-10-25-28(31(38)43-42-25)26(18)27-24(36)15-23-30(29(27)37)40-33(39-21-11-13-44(14-12-21)22-8-9-22)41-32(23)45-16-20(3)46(17-19(45)2)34(47)48-35(4,5)6/h7,10,15,19-22H,8-9,11-14,16-17H2,1-6H3,(H,42,43)(H,39,40,41)/t19-,20-/m0/s1. The van der Waals surface area contributed by atoms with Crippen LogP contribution in [-0.4, -0.2) is 92.0 Å². The van der Waals surface area contributed by atoms with Crippen LogP contribution in [0, 0.1) is 16.4 Å². The van der Waals surface area contributed by atoms with E-state index in [0.717, 1.165) is 52.1 Å². The van der Waals surface area contributed by atoms with Gasteiger partial charge in [0, 0.05) is 72.2 Å². The number of benzene rings is 2. The highest BCUT2D eigenvalue weighted by atomic mass is 127. The number of piperazine rings is 1. The van der Waals surface area contributed by atoms with Gasteiger partial charge in [0.15, 0.2) is 5.82 Å². The Bertz CT molecular complexity index is 1880. The first-order valence-corrected chi connectivity index (χ1v) is 18.3. The highest BCUT2D eigenvalue weighted by molar-refractivity contribution is 14.1. The number of ether oxygens (including phenoxy) is 1. The first-order chi connectivity index (χ1) is 22.8. The number of carbonyl (C=O) groups excluding carboxylic acids is 1. The van der Waals surface area contributed by atoms with Crippen molar-refractivity contribution in [2.45, 2.75) is 97.0 Å². The van der Waals surface area contributed by atoms with Gasteiger partial charge in [0.1, 0.15) is 20.6 Å². The molecule has 0 bridgehead atoms. The number of aromatic amines is 1. The van der Waals surface area contributed by atoms with E-state index in [2.05, 4.69) is 54.8 Å². The quantitative estimate of drug-likeness (QED) is 0.198. The minimum atomic E-state index is -0.599. The van der Waals surface area contributed by atoms with Crippen LogP contribution in [0.25, 0.3) is 32.9 Å². The molecule has 4 heterocycles. The molecule has 4 aromatic rings. The third-order valence-corrected chi connectivity index (χ3v) is 10.9. The van der Waals surface area contributed by atoms with E-state index in [9.17, 15) is 4.79 Å². The number of fused-ring (bicyclic) bond motifs is 2. The molecule has 0 unspecified atom stereocenters. The van der Waals surface area contributed by atoms with E-state index in [1.807, 2.05) is 46.8 Å². The number of likely N-dealkylation sites (tertiary alicyclic amines) is 1. The van der Waals surface area contributed by atoms with Gasteiger partial charge in [-0.1, -0.05) is 17.7 Å². The van der Waals surface area contributed by atoms with Crippen molar-refractivity contribution in [3.8, 4) is 11.1 Å². The number of piperidine rings is 1. The number of rotatable bonds is 5. The number of hydrogen-bond acceptors (Lipinski definition) is 8. The van der Waals surface area contributed by atoms with Gasteiger partial charge in [-0.15, -0.1) is 0 Å². The van der Waals surface area contributed by atoms with Gasteiger partial charge in [0.2, 0.25) is 5.95 Å². The molecule has 2 atom stereocenters. The van der Waals surface area contributed by atoms with Crippen molar-refractivity contribution in [2.75, 3.05) is 36.4 Å². The molecular weight excluding hydrogens is 746 g/mol. The minimum absolute atomic E-state index is 0.133. The molecule has 256 valence electrons. The fourth-order valence-electron chi connectivity index (χ4n) is 7.22. The van der Waals surface area contributed by atoms with Crippen molar-refractivity contribution in [3.63, 3.8) is 0 Å². The van der Waals surface area contributed by atoms with Crippen LogP contribution in [0.5, 0.6) is 0 Å². The second kappa shape index (κ2) is 12.7. The summed E-state index contributed by atoms with van der Waals surface area (Å²) in [5.74, 6) is 0.506. The molecule has 13 heteroatoms. The van der Waals surface area contributed by atoms with Crippen LogP contribution in [0.3, 0.4) is 0 Å². The van der Waals surface area contributed by atoms with Gasteiger partial charge in [-0.05, 0) is 108 Å². The van der Waals surface area contributed by atoms with Gasteiger partial charge in [0.05, 0.1) is 10.5 Å². The molecule has 3 fully saturated rings. The number of aromatic nitrogens is 4. The van der Waals surface area contributed by atoms with E-state index >= 15 is 4.39 Å². The number of carbonyl (C=O) groups is 1. The van der Waals surface area contributed by atoms with Crippen molar-refractivity contribution >= 4 is 73.9 Å². The lowest BCUT2D eigenvalue weighted by molar-refractivity contribution is 0.0130. The van der Waals surface area contributed by atoms with E-state index in [1.54, 1.807) is 11.0 Å². The maximum atomic E-state index is 17.2. The highest BCUT2D eigenvalue weighted by Gasteiger charge is 2.37. The summed E-state index contributed by atoms with van der Waals surface area (Å²) < 4.78 is 23.7. The third kappa shape index (κ3) is 6.39. The highest BCUT2D eigenvalue weighted by Crippen LogP contribution is 2.43. The number of nitrogens with one attached hydrogen (secondary N) is 2. The number of aryl methyl sites for hydroxylation is 1. The van der Waals surface area contributed by atoms with Crippen LogP contribution < -0.4 is 10.2 Å². The summed E-state index contributed by atoms with van der Waals surface area (Å²) in [6.07, 6.45) is 4.20. The van der Waals surface area contributed by atoms with Crippen LogP contribution in [-0.2, 0) is 4.74 Å². The van der Waals surface area contributed by atoms with Gasteiger partial charge in [-0.3, -0.25) is 5.10 Å². The summed E-state index contributed by atoms with van der Waals surface area (Å²) in [5.41, 5.74) is 2.24. The Morgan fingerprint density at radius 2 is 1.81 bits per heavy atom. The lowest BCUT2D eigenvalue weighted by Gasteiger charge is -2.45. The Morgan fingerprint density at radius 3 is 2.50 bits per heavy atom. The van der Waals surface area contributed by atoms with E-state index in [0.29, 0.717) is 41.4 Å². The first kappa shape index (κ1) is 33.5. The predicted octanol–water partition coefficient (Wildman–Crippen LogP) is 7.75. The topological polar surface area (TPSA) is 103 Å². The molecule has 1 saturated carbocycles. The normalized spacial score (nSPS) is 21.4. The molecule has 2 aliphatic heterocycles. The van der Waals surface area contributed by atoms with Crippen LogP contribution in [0.1, 0.15) is 65.9 Å². The van der Waals surface area contributed by atoms with Crippen LogP contribution in [0.4, 0.5) is 21.0 Å². The zero-order chi connectivity index (χ0) is 34.1. The molecule has 7 rings (SSSR count). The van der Waals surface area contributed by atoms with Gasteiger partial charge < -0.3 is 24.8 Å². The first-order valence-electron chi connectivity index (χ1n) is 16.9. The van der Waals surface area contributed by atoms with Crippen molar-refractivity contribution in [2.24, 2.45) is 0 Å². The second-order valence-corrected chi connectivity index (χ2v) is 16.2. The molecule has 10 nitrogen and oxygen atoms in total. The van der Waals surface area contributed by atoms with Crippen molar-refractivity contribution < 1.29 is 13.9 Å². The molecule has 3 aliphatic rings. The maximum absolute atomic E-state index is 17.2. The van der Waals surface area contributed by atoms with E-state index in [1.165, 1.54) is 12.8 Å². The summed E-state index contributed by atoms with van der Waals surface area (Å²) >= 11 is 9.23. The summed E-state index contributed by atoms with van der Waals surface area (Å²) in [7, 11) is 0. The van der Waals surface area contributed by atoms with Crippen LogP contribution in [0.2, 0.25) is 5.02 Å². The molecule has 1 aliphatic carbocycles. The summed E-state index contributed by atoms with van der Waals surface area (Å²) in [5, 5.41) is 12.7. The Hall–Kier alpha value is -2.97. The summed E-state index contributed by atoms with van der Waals surface area (Å²) in [6, 6.07) is 6.28. The fraction of sp³-hybridized carbons (Fsp3) is 0.543. The zero-order valence-electron chi connectivity index (χ0n) is 28.3. The smallest absolute Gasteiger partial charge is 0.410 e. The SMILES string of the molecule is Cc1ccc2n[nH]c(I)c2c1-c1c(Cl)cc2c(N3C[C@H](C)N(C(=O)OC(C)(C)C)C[C@@H]3C)nc(NC3CCN(C4CC4)CC3)nc2c1F. The van der Waals surface area contributed by atoms with Crippen molar-refractivity contribution in [3.05, 3.63) is 38.3 Å². The molecule has 2 aromatic carbocycles. The number of H-pyrrole nitrogens is 1. The molecular formula is C35H43ClFIN8O2. The molecule has 48 heavy (non-hydrogen) atoms. The molecule has 2 N–H and O–H groups in total. The lowest BCUT2D eigenvalue weighted by atomic mass is 9.95. The maximum Gasteiger partial charge on any atom is 0.410 e. The second-order valence-electron chi connectivity index (χ2n) is 14.7. The largest absolute Gasteiger partial charge is 0.444 e. The van der Waals surface area contributed by atoms with Crippen LogP contribution >= 0.6 is 34.2 Å². The van der Waals surface area contributed by atoms with Gasteiger partial charge in [-0.25, -0.2) is 14.2 Å². The third-order valence-electron chi connectivity index (χ3n) is 9.81. The molecule has 0 spiro atoms. The molecule has 2 saturated heterocycles. The Kier molecular flexibility index (Phi) is 8.89. The number of nitrogens with zero attached hydrogens (tertiary/aromatic N) is 6. The molecule has 1 amide bonds. The van der Waals surface area contributed by atoms with E-state index in [4.69, 9.17) is 26.3 Å².